The van der Waals surface area contributed by atoms with Crippen LogP contribution in [0.15, 0.2) is 0 Å². The summed E-state index contributed by atoms with van der Waals surface area (Å²) in [7, 11) is 0. The average Bonchev–Trinajstić information content (AvgIpc) is 0.920. The molecule has 12 nitrogen and oxygen atoms in total. The second-order valence-electron chi connectivity index (χ2n) is 40.2. The number of carbonyl (C=O) groups excluding carboxylic acids is 4. The van der Waals surface area contributed by atoms with E-state index in [2.05, 4.69) is 58.3 Å². The summed E-state index contributed by atoms with van der Waals surface area (Å²) < 4.78 is 24.0. The third kappa shape index (κ3) is 87.1. The summed E-state index contributed by atoms with van der Waals surface area (Å²) in [4.78, 5) is 59.2. The Kier molecular flexibility index (Phi) is 101. The molecule has 0 rings (SSSR count). The lowest BCUT2D eigenvalue weighted by molar-refractivity contribution is -0.150. The number of hydrogen-bond acceptors (Lipinski definition) is 12. The molecule has 0 amide bonds. The van der Waals surface area contributed by atoms with Crippen LogP contribution in [-0.2, 0) is 38.1 Å². The Morgan fingerprint density at radius 3 is 0.563 bits per heavy atom. The second-order valence-corrected chi connectivity index (χ2v) is 40.2. The number of aliphatic hydroxyl groups is 2. The van der Waals surface area contributed by atoms with Crippen LogP contribution in [0.3, 0.4) is 0 Å². The van der Waals surface area contributed by atoms with Crippen LogP contribution in [0.5, 0.6) is 0 Å². The molecule has 0 fully saturated rings. The number of nitrogens with zero attached hydrogens (tertiary/aromatic N) is 2. The quantitative estimate of drug-likeness (QED) is 0.0339. The van der Waals surface area contributed by atoms with Crippen molar-refractivity contribution in [1.29, 1.82) is 0 Å². The number of ether oxygens (including phenoxy) is 4. The van der Waals surface area contributed by atoms with Gasteiger partial charge in [0.05, 0.1) is 50.1 Å². The minimum atomic E-state index is 0.0176. The molecule has 126 heavy (non-hydrogen) atoms. The lowest BCUT2D eigenvalue weighted by atomic mass is 9.84. The van der Waals surface area contributed by atoms with Crippen molar-refractivity contribution in [3.8, 4) is 0 Å². The summed E-state index contributed by atoms with van der Waals surface area (Å²) >= 11 is 0. The minimum absolute atomic E-state index is 0.0176. The van der Waals surface area contributed by atoms with Crippen molar-refractivity contribution in [2.24, 2.45) is 29.6 Å². The summed E-state index contributed by atoms with van der Waals surface area (Å²) in [5.74, 6) is 1.09. The number of esters is 4. The lowest BCUT2D eigenvalue weighted by Crippen LogP contribution is -2.27. The maximum absolute atomic E-state index is 14.0. The summed E-state index contributed by atoms with van der Waals surface area (Å²) in [6.07, 6.45) is 103. The Bertz CT molecular complexity index is 2170. The third-order valence-electron chi connectivity index (χ3n) is 28.0. The maximum Gasteiger partial charge on any atom is 0.308 e. The van der Waals surface area contributed by atoms with Crippen LogP contribution in [0.25, 0.3) is 0 Å². The molecular formula is C114H224N2O10. The molecule has 0 saturated heterocycles. The maximum atomic E-state index is 14.0. The first-order valence-corrected chi connectivity index (χ1v) is 57.4. The fraction of sp³-hybridized carbons (Fsp3) is 0.965. The Balaban J connectivity index is 4.77. The summed E-state index contributed by atoms with van der Waals surface area (Å²) in [5.41, 5.74) is 0. The first kappa shape index (κ1) is 124. The van der Waals surface area contributed by atoms with Gasteiger partial charge in [-0.25, -0.2) is 0 Å². The topological polar surface area (TPSA) is 152 Å². The fourth-order valence-electron chi connectivity index (χ4n) is 19.3. The normalized spacial score (nSPS) is 13.0. The average molecular weight is 1780 g/mol. The summed E-state index contributed by atoms with van der Waals surface area (Å²) in [6, 6.07) is 0. The lowest BCUT2D eigenvalue weighted by Gasteiger charge is -2.23. The molecule has 0 aliphatic rings. The van der Waals surface area contributed by atoms with E-state index in [1.807, 2.05) is 0 Å². The van der Waals surface area contributed by atoms with Crippen LogP contribution in [0.4, 0.5) is 0 Å². The predicted octanol–water partition coefficient (Wildman–Crippen LogP) is 34.5. The first-order chi connectivity index (χ1) is 62.1. The predicted molar refractivity (Wildman–Crippen MR) is 545 cm³/mol. The summed E-state index contributed by atoms with van der Waals surface area (Å²) in [5, 5.41) is 19.0. The highest BCUT2D eigenvalue weighted by atomic mass is 16.5. The van der Waals surface area contributed by atoms with Gasteiger partial charge in [0.25, 0.3) is 0 Å². The van der Waals surface area contributed by atoms with Crippen molar-refractivity contribution in [3.05, 3.63) is 0 Å². The SMILES string of the molecule is CCCCCCCCC(CCCCCC)C(=O)OCCCCCCCCCCCCN(CCCCO)CCCCCCCCCCCCOC(=O)C(CCCCCCCC)CC(CCCC)CCCCCCC(CCCCCCCC)C(=O)OCCCCCCCCCN(CCCCO)CCCCCCCCCOC(=O)C(CCCCCC)CCCCCCCC. The fourth-order valence-corrected chi connectivity index (χ4v) is 19.3. The van der Waals surface area contributed by atoms with Gasteiger partial charge in [-0.05, 0) is 174 Å². The number of rotatable bonds is 108. The summed E-state index contributed by atoms with van der Waals surface area (Å²) in [6.45, 7) is 25.7. The van der Waals surface area contributed by atoms with Gasteiger partial charge in [0.1, 0.15) is 0 Å². The van der Waals surface area contributed by atoms with Crippen molar-refractivity contribution in [1.82, 2.24) is 9.80 Å². The Labute approximate surface area is 786 Å². The van der Waals surface area contributed by atoms with E-state index in [0.29, 0.717) is 39.0 Å². The van der Waals surface area contributed by atoms with Crippen LogP contribution in [0.2, 0.25) is 0 Å². The van der Waals surface area contributed by atoms with Gasteiger partial charge in [-0.3, -0.25) is 19.2 Å². The molecule has 0 heterocycles. The van der Waals surface area contributed by atoms with Crippen LogP contribution < -0.4 is 0 Å². The molecule has 0 spiro atoms. The van der Waals surface area contributed by atoms with Gasteiger partial charge in [-0.2, -0.15) is 0 Å². The molecule has 12 heteroatoms. The molecule has 5 atom stereocenters. The monoisotopic (exact) mass is 1780 g/mol. The Hall–Kier alpha value is -2.28. The number of carbonyl (C=O) groups is 4. The van der Waals surface area contributed by atoms with E-state index < -0.39 is 0 Å². The van der Waals surface area contributed by atoms with Crippen molar-refractivity contribution in [3.63, 3.8) is 0 Å². The number of unbranched alkanes of at least 4 members (excludes halogenated alkanes) is 62. The van der Waals surface area contributed by atoms with Crippen molar-refractivity contribution >= 4 is 23.9 Å². The number of hydrogen-bond donors (Lipinski definition) is 2. The van der Waals surface area contributed by atoms with Crippen LogP contribution >= 0.6 is 0 Å². The Morgan fingerprint density at radius 2 is 0.341 bits per heavy atom. The highest BCUT2D eigenvalue weighted by molar-refractivity contribution is 5.73. The van der Waals surface area contributed by atoms with Gasteiger partial charge in [-0.1, -0.05) is 472 Å². The molecule has 0 bridgehead atoms. The van der Waals surface area contributed by atoms with Gasteiger partial charge >= 0.3 is 23.9 Å². The first-order valence-electron chi connectivity index (χ1n) is 57.4. The smallest absolute Gasteiger partial charge is 0.308 e. The number of aliphatic hydroxyl groups excluding tert-OH is 2. The van der Waals surface area contributed by atoms with Crippen LogP contribution in [0, 0.1) is 29.6 Å². The van der Waals surface area contributed by atoms with Gasteiger partial charge in [-0.15, -0.1) is 0 Å². The van der Waals surface area contributed by atoms with Gasteiger partial charge in [0, 0.05) is 13.2 Å². The molecule has 0 aliphatic carbocycles. The minimum Gasteiger partial charge on any atom is -0.465 e. The Morgan fingerprint density at radius 1 is 0.183 bits per heavy atom. The van der Waals surface area contributed by atoms with Crippen molar-refractivity contribution in [2.75, 3.05) is 78.9 Å². The van der Waals surface area contributed by atoms with E-state index in [4.69, 9.17) is 18.9 Å². The molecule has 0 aromatic carbocycles. The zero-order chi connectivity index (χ0) is 91.5. The highest BCUT2D eigenvalue weighted by Gasteiger charge is 2.26. The molecule has 5 unspecified atom stereocenters. The van der Waals surface area contributed by atoms with E-state index in [-0.39, 0.29) is 54.2 Å². The largest absolute Gasteiger partial charge is 0.465 e. The zero-order valence-electron chi connectivity index (χ0n) is 86.2. The van der Waals surface area contributed by atoms with Gasteiger partial charge in [0.2, 0.25) is 0 Å². The molecule has 0 radical (unpaired) electrons. The molecule has 2 N–H and O–H groups in total. The third-order valence-corrected chi connectivity index (χ3v) is 28.0. The molecule has 750 valence electrons. The zero-order valence-corrected chi connectivity index (χ0v) is 86.2. The van der Waals surface area contributed by atoms with Gasteiger partial charge < -0.3 is 39.0 Å². The van der Waals surface area contributed by atoms with E-state index in [1.165, 1.54) is 398 Å². The standard InChI is InChI=1S/C114H224N2O10/c1-8-15-22-28-50-67-88-107(86-65-26-19-12-5)111(119)123-101-80-60-46-38-34-32-36-42-56-72-93-115(97-76-78-99-117)94-73-57-43-37-33-35-39-47-61-83-104-126-114(122)110(92-71-53-31-25-18-11-4)105-106(84-21-14-7)85-64-54-55-70-91-109(90-69-52-30-24-17-10-3)113(121)125-103-82-63-49-41-45-59-75-96-116(98-77-79-100-118)95-74-58-44-40-48-62-81-102-124-112(120)108(87-66-27-20-13-6)89-68-51-29-23-16-9-2/h106-110,117-118H,8-105H2,1-7H3. The molecule has 0 aliphatic heterocycles. The van der Waals surface area contributed by atoms with Crippen LogP contribution in [0.1, 0.15) is 601 Å². The molecule has 0 saturated carbocycles. The van der Waals surface area contributed by atoms with E-state index >= 15 is 0 Å². The molecule has 0 aromatic rings. The van der Waals surface area contributed by atoms with E-state index in [0.717, 1.165) is 193 Å². The van der Waals surface area contributed by atoms with E-state index in [9.17, 15) is 29.4 Å². The van der Waals surface area contributed by atoms with E-state index in [1.54, 1.807) is 0 Å². The van der Waals surface area contributed by atoms with Crippen molar-refractivity contribution < 1.29 is 48.3 Å². The molecule has 0 aromatic heterocycles. The van der Waals surface area contributed by atoms with Gasteiger partial charge in [0.15, 0.2) is 0 Å². The highest BCUT2D eigenvalue weighted by Crippen LogP contribution is 2.31. The second kappa shape index (κ2) is 103. The molecular weight excluding hydrogens is 1560 g/mol. The van der Waals surface area contributed by atoms with Crippen LogP contribution in [-0.4, -0.2) is 123 Å². The van der Waals surface area contributed by atoms with Crippen molar-refractivity contribution in [2.45, 2.75) is 601 Å².